The summed E-state index contributed by atoms with van der Waals surface area (Å²) in [5, 5.41) is 13.2. The highest BCUT2D eigenvalue weighted by Gasteiger charge is 2.38. The van der Waals surface area contributed by atoms with Gasteiger partial charge in [-0.15, -0.1) is 0 Å². The fourth-order valence-corrected chi connectivity index (χ4v) is 4.36. The second kappa shape index (κ2) is 11.9. The molecule has 1 aliphatic heterocycles. The number of carboxylic acids is 1. The molecule has 4 N–H and O–H groups in total. The van der Waals surface area contributed by atoms with Gasteiger partial charge in [0.1, 0.15) is 0 Å². The van der Waals surface area contributed by atoms with Crippen LogP contribution < -0.4 is 20.3 Å². The van der Waals surface area contributed by atoms with E-state index in [-0.39, 0.29) is 10.8 Å². The number of aryl methyl sites for hydroxylation is 1. The average molecular weight is 517 g/mol. The first-order valence-electron chi connectivity index (χ1n) is 10.6. The number of nitrogens with one attached hydrogen (secondary N) is 3. The Bertz CT molecular complexity index is 1150. The summed E-state index contributed by atoms with van der Waals surface area (Å²) < 4.78 is 60.3. The molecule has 1 fully saturated rings. The van der Waals surface area contributed by atoms with E-state index in [4.69, 9.17) is 9.90 Å². The minimum Gasteiger partial charge on any atom is -0.475 e. The van der Waals surface area contributed by atoms with Crippen molar-refractivity contribution in [1.82, 2.24) is 10.6 Å². The molecule has 1 heterocycles. The van der Waals surface area contributed by atoms with Gasteiger partial charge in [0.15, 0.2) is 0 Å². The van der Waals surface area contributed by atoms with Crippen LogP contribution >= 0.6 is 0 Å². The van der Waals surface area contributed by atoms with Gasteiger partial charge in [0.05, 0.1) is 16.3 Å². The van der Waals surface area contributed by atoms with Crippen molar-refractivity contribution >= 4 is 33.3 Å². The molecule has 1 aliphatic rings. The van der Waals surface area contributed by atoms with Crippen LogP contribution in [-0.4, -0.2) is 64.3 Å². The van der Waals surface area contributed by atoms with Crippen molar-refractivity contribution in [2.75, 3.05) is 42.3 Å². The fraction of sp³-hybridized carbons (Fsp3) is 0.364. The van der Waals surface area contributed by atoms with Crippen molar-refractivity contribution in [3.8, 4) is 0 Å². The highest BCUT2D eigenvalue weighted by Crippen LogP contribution is 2.30. The van der Waals surface area contributed by atoms with E-state index in [1.54, 1.807) is 30.3 Å². The zero-order valence-corrected chi connectivity index (χ0v) is 20.0. The zero-order valence-electron chi connectivity index (χ0n) is 19.1. The van der Waals surface area contributed by atoms with E-state index < -0.39 is 22.2 Å². The lowest BCUT2D eigenvalue weighted by Gasteiger charge is -2.31. The Morgan fingerprint density at radius 3 is 2.29 bits per heavy atom. The van der Waals surface area contributed by atoms with Crippen molar-refractivity contribution in [3.63, 3.8) is 0 Å². The number of carboxylic acid groups (broad SMARTS) is 1. The van der Waals surface area contributed by atoms with E-state index in [0.29, 0.717) is 17.8 Å². The van der Waals surface area contributed by atoms with Gasteiger partial charge in [-0.05, 0) is 49.7 Å². The summed E-state index contributed by atoms with van der Waals surface area (Å²) >= 11 is 0. The lowest BCUT2D eigenvalue weighted by atomic mass is 10.1. The maximum atomic E-state index is 13.0. The van der Waals surface area contributed by atoms with Gasteiger partial charge < -0.3 is 20.6 Å². The van der Waals surface area contributed by atoms with Crippen molar-refractivity contribution in [2.24, 2.45) is 0 Å². The molecule has 9 nitrogen and oxygen atoms in total. The van der Waals surface area contributed by atoms with E-state index in [0.717, 1.165) is 37.4 Å². The van der Waals surface area contributed by atoms with Crippen LogP contribution in [0.3, 0.4) is 0 Å². The lowest BCUT2D eigenvalue weighted by molar-refractivity contribution is -0.192. The molecule has 0 saturated carbocycles. The molecule has 0 radical (unpaired) electrons. The summed E-state index contributed by atoms with van der Waals surface area (Å²) in [5.74, 6) is -2.99. The topological polar surface area (TPSA) is 128 Å². The number of alkyl halides is 3. The lowest BCUT2D eigenvalue weighted by Crippen LogP contribution is -2.43. The second-order valence-corrected chi connectivity index (χ2v) is 9.24. The number of hydrogen-bond acceptors (Lipinski definition) is 6. The number of benzene rings is 2. The Hall–Kier alpha value is -3.32. The molecule has 0 unspecified atom stereocenters. The molecule has 2 aromatic carbocycles. The van der Waals surface area contributed by atoms with Crippen LogP contribution in [0.15, 0.2) is 47.4 Å². The van der Waals surface area contributed by atoms with E-state index in [1.807, 2.05) is 26.0 Å². The standard InChI is InChI=1S/C20H26N4O3S.C2HF3O2/c1-3-22-20(25)16-7-8-19(24-11-9-21-10-12-24)18(14-16)23-28(26,27)17-6-4-5-15(2)13-17;3-2(4,5)1(6)7/h4-8,13-14,21,23H,3,9-12H2,1-2H3,(H,22,25);(H,6,7). The number of piperazine rings is 1. The van der Waals surface area contributed by atoms with Gasteiger partial charge in [-0.25, -0.2) is 13.2 Å². The molecule has 0 spiro atoms. The maximum absolute atomic E-state index is 13.0. The molecule has 1 amide bonds. The highest BCUT2D eigenvalue weighted by atomic mass is 32.2. The predicted octanol–water partition coefficient (Wildman–Crippen LogP) is 2.59. The van der Waals surface area contributed by atoms with Gasteiger partial charge in [-0.2, -0.15) is 13.2 Å². The molecule has 2 aromatic rings. The number of nitrogens with zero attached hydrogens (tertiary/aromatic N) is 1. The number of sulfonamides is 1. The Balaban J connectivity index is 0.000000540. The molecular formula is C22H27F3N4O5S. The van der Waals surface area contributed by atoms with E-state index in [2.05, 4.69) is 20.3 Å². The van der Waals surface area contributed by atoms with Gasteiger partial charge in [0.2, 0.25) is 0 Å². The fourth-order valence-electron chi connectivity index (χ4n) is 3.19. The summed E-state index contributed by atoms with van der Waals surface area (Å²) in [6.07, 6.45) is -5.08. The van der Waals surface area contributed by atoms with E-state index in [1.165, 1.54) is 0 Å². The third-order valence-corrected chi connectivity index (χ3v) is 6.20. The van der Waals surface area contributed by atoms with Crippen molar-refractivity contribution in [1.29, 1.82) is 0 Å². The van der Waals surface area contributed by atoms with Crippen LogP contribution in [0.4, 0.5) is 24.5 Å². The summed E-state index contributed by atoms with van der Waals surface area (Å²) in [5.41, 5.74) is 2.46. The average Bonchev–Trinajstić information content (AvgIpc) is 2.79. The SMILES string of the molecule is CCNC(=O)c1ccc(N2CCNCC2)c(NS(=O)(=O)c2cccc(C)c2)c1.O=C(O)C(F)(F)F. The summed E-state index contributed by atoms with van der Waals surface area (Å²) in [7, 11) is -3.78. The third kappa shape index (κ3) is 8.14. The van der Waals surface area contributed by atoms with Crippen LogP contribution in [0.25, 0.3) is 0 Å². The minimum atomic E-state index is -5.08. The molecule has 192 valence electrons. The van der Waals surface area contributed by atoms with Gasteiger partial charge in [-0.1, -0.05) is 12.1 Å². The van der Waals surface area contributed by atoms with Gasteiger partial charge >= 0.3 is 12.1 Å². The van der Waals surface area contributed by atoms with Gasteiger partial charge in [0, 0.05) is 38.3 Å². The highest BCUT2D eigenvalue weighted by molar-refractivity contribution is 7.92. The molecule has 3 rings (SSSR count). The number of carbonyl (C=O) groups is 2. The molecule has 1 saturated heterocycles. The Morgan fingerprint density at radius 2 is 1.74 bits per heavy atom. The molecule has 13 heteroatoms. The first-order valence-corrected chi connectivity index (χ1v) is 12.1. The van der Waals surface area contributed by atoms with E-state index in [9.17, 15) is 26.4 Å². The largest absolute Gasteiger partial charge is 0.490 e. The molecule has 0 aliphatic carbocycles. The summed E-state index contributed by atoms with van der Waals surface area (Å²) in [4.78, 5) is 23.5. The van der Waals surface area contributed by atoms with Crippen molar-refractivity contribution < 1.29 is 36.3 Å². The molecule has 35 heavy (non-hydrogen) atoms. The van der Waals surface area contributed by atoms with Crippen molar-refractivity contribution in [2.45, 2.75) is 24.9 Å². The number of carbonyl (C=O) groups excluding carboxylic acids is 1. The zero-order chi connectivity index (χ0) is 26.2. The Morgan fingerprint density at radius 1 is 1.11 bits per heavy atom. The molecular weight excluding hydrogens is 489 g/mol. The number of anilines is 2. The monoisotopic (exact) mass is 516 g/mol. The molecule has 0 aromatic heterocycles. The van der Waals surface area contributed by atoms with Crippen LogP contribution in [0.5, 0.6) is 0 Å². The van der Waals surface area contributed by atoms with Crippen molar-refractivity contribution in [3.05, 3.63) is 53.6 Å². The Kier molecular flexibility index (Phi) is 9.48. The van der Waals surface area contributed by atoms with Crippen LogP contribution in [0.2, 0.25) is 0 Å². The number of rotatable bonds is 6. The quantitative estimate of drug-likeness (QED) is 0.465. The first-order chi connectivity index (χ1) is 16.3. The summed E-state index contributed by atoms with van der Waals surface area (Å²) in [6.45, 7) is 7.36. The smallest absolute Gasteiger partial charge is 0.475 e. The number of amides is 1. The number of halogens is 3. The van der Waals surface area contributed by atoms with Gasteiger partial charge in [0.25, 0.3) is 15.9 Å². The van der Waals surface area contributed by atoms with Crippen LogP contribution in [0.1, 0.15) is 22.8 Å². The van der Waals surface area contributed by atoms with E-state index >= 15 is 0 Å². The third-order valence-electron chi connectivity index (χ3n) is 4.84. The second-order valence-electron chi connectivity index (χ2n) is 7.55. The molecule has 0 bridgehead atoms. The molecule has 0 atom stereocenters. The van der Waals surface area contributed by atoms with Crippen LogP contribution in [-0.2, 0) is 14.8 Å². The summed E-state index contributed by atoms with van der Waals surface area (Å²) in [6, 6.07) is 11.9. The predicted molar refractivity (Wildman–Crippen MR) is 125 cm³/mol. The first kappa shape index (κ1) is 27.9. The number of hydrogen-bond donors (Lipinski definition) is 4. The maximum Gasteiger partial charge on any atom is 0.490 e. The normalized spacial score (nSPS) is 13.9. The van der Waals surface area contributed by atoms with Gasteiger partial charge in [-0.3, -0.25) is 9.52 Å². The van der Waals surface area contributed by atoms with Crippen LogP contribution in [0, 0.1) is 6.92 Å². The number of aliphatic carboxylic acids is 1. The Labute approximate surface area is 201 Å². The minimum absolute atomic E-state index is 0.196.